The summed E-state index contributed by atoms with van der Waals surface area (Å²) in [6, 6.07) is 1.50. The Labute approximate surface area is 113 Å². The predicted octanol–water partition coefficient (Wildman–Crippen LogP) is 0.812. The number of carbonyl (C=O) groups is 2. The van der Waals surface area contributed by atoms with Crippen LogP contribution in [0.3, 0.4) is 0 Å². The van der Waals surface area contributed by atoms with Crippen molar-refractivity contribution in [3.63, 3.8) is 0 Å². The number of rotatable bonds is 6. The zero-order valence-corrected chi connectivity index (χ0v) is 11.4. The van der Waals surface area contributed by atoms with E-state index in [4.69, 9.17) is 11.5 Å². The lowest BCUT2D eigenvalue weighted by Gasteiger charge is -2.06. The maximum atomic E-state index is 11.8. The largest absolute Gasteiger partial charge is 0.384 e. The number of unbranched alkanes of at least 4 members (excludes halogenated alkanes) is 1. The monoisotopic (exact) mass is 314 g/mol. The number of carbonyl (C=O) groups excluding carboxylic acids is 2. The Hall–Kier alpha value is -1.63. The molecule has 6 nitrogen and oxygen atoms in total. The zero-order valence-electron chi connectivity index (χ0n) is 9.78. The molecule has 0 saturated heterocycles. The van der Waals surface area contributed by atoms with Crippen LogP contribution in [-0.4, -0.2) is 23.3 Å². The molecule has 0 atom stereocenters. The van der Waals surface area contributed by atoms with Gasteiger partial charge in [-0.2, -0.15) is 0 Å². The van der Waals surface area contributed by atoms with Gasteiger partial charge in [0.15, 0.2) is 0 Å². The number of hydrogen-bond acceptors (Lipinski definition) is 4. The second-order valence-electron chi connectivity index (χ2n) is 3.77. The summed E-state index contributed by atoms with van der Waals surface area (Å²) < 4.78 is 0.589. The molecule has 1 aromatic rings. The lowest BCUT2D eigenvalue weighted by Crippen LogP contribution is -2.25. The van der Waals surface area contributed by atoms with Gasteiger partial charge < -0.3 is 16.8 Å². The van der Waals surface area contributed by atoms with E-state index < -0.39 is 0 Å². The molecule has 0 aliphatic heterocycles. The van der Waals surface area contributed by atoms with Gasteiger partial charge in [0.25, 0.3) is 5.91 Å². The van der Waals surface area contributed by atoms with E-state index in [0.717, 1.165) is 0 Å². The van der Waals surface area contributed by atoms with Crippen LogP contribution in [-0.2, 0) is 4.79 Å². The zero-order chi connectivity index (χ0) is 13.5. The van der Waals surface area contributed by atoms with E-state index in [9.17, 15) is 9.59 Å². The molecule has 5 N–H and O–H groups in total. The molecule has 0 bridgehead atoms. The van der Waals surface area contributed by atoms with E-state index in [1.54, 1.807) is 0 Å². The van der Waals surface area contributed by atoms with Crippen LogP contribution in [0, 0.1) is 0 Å². The van der Waals surface area contributed by atoms with Crippen LogP contribution in [0.5, 0.6) is 0 Å². The Morgan fingerprint density at radius 1 is 1.39 bits per heavy atom. The lowest BCUT2D eigenvalue weighted by molar-refractivity contribution is -0.118. The predicted molar refractivity (Wildman–Crippen MR) is 71.7 cm³/mol. The Morgan fingerprint density at radius 3 is 2.78 bits per heavy atom. The lowest BCUT2D eigenvalue weighted by atomic mass is 10.2. The molecule has 0 aliphatic rings. The van der Waals surface area contributed by atoms with E-state index in [1.807, 2.05) is 0 Å². The molecule has 98 valence electrons. The van der Waals surface area contributed by atoms with Gasteiger partial charge in [-0.1, -0.05) is 0 Å². The summed E-state index contributed by atoms with van der Waals surface area (Å²) in [5.41, 5.74) is 11.0. The fourth-order valence-electron chi connectivity index (χ4n) is 1.35. The van der Waals surface area contributed by atoms with Crippen LogP contribution in [0.2, 0.25) is 0 Å². The number of pyridine rings is 1. The highest BCUT2D eigenvalue weighted by molar-refractivity contribution is 9.10. The molecule has 0 unspecified atom stereocenters. The number of nitrogens with one attached hydrogen (secondary N) is 1. The highest BCUT2D eigenvalue weighted by Crippen LogP contribution is 2.17. The molecular weight excluding hydrogens is 300 g/mol. The second-order valence-corrected chi connectivity index (χ2v) is 4.62. The summed E-state index contributed by atoms with van der Waals surface area (Å²) in [6.45, 7) is 0.487. The maximum Gasteiger partial charge on any atom is 0.252 e. The van der Waals surface area contributed by atoms with Gasteiger partial charge in [-0.25, -0.2) is 4.98 Å². The van der Waals surface area contributed by atoms with Gasteiger partial charge in [-0.3, -0.25) is 9.59 Å². The van der Waals surface area contributed by atoms with Gasteiger partial charge in [-0.05, 0) is 34.8 Å². The van der Waals surface area contributed by atoms with Gasteiger partial charge in [0.2, 0.25) is 5.91 Å². The van der Waals surface area contributed by atoms with Crippen LogP contribution >= 0.6 is 15.9 Å². The molecule has 7 heteroatoms. The molecule has 1 aromatic heterocycles. The van der Waals surface area contributed by atoms with Crippen molar-refractivity contribution in [2.24, 2.45) is 5.73 Å². The van der Waals surface area contributed by atoms with Gasteiger partial charge in [0.1, 0.15) is 5.82 Å². The van der Waals surface area contributed by atoms with Crippen molar-refractivity contribution in [2.75, 3.05) is 12.3 Å². The quantitative estimate of drug-likeness (QED) is 0.675. The van der Waals surface area contributed by atoms with Crippen molar-refractivity contribution in [1.82, 2.24) is 10.3 Å². The molecule has 0 aromatic carbocycles. The Bertz CT molecular complexity index is 451. The molecule has 0 fully saturated rings. The first-order valence-electron chi connectivity index (χ1n) is 5.48. The minimum Gasteiger partial charge on any atom is -0.384 e. The van der Waals surface area contributed by atoms with Crippen molar-refractivity contribution in [1.29, 1.82) is 0 Å². The fourth-order valence-corrected chi connectivity index (χ4v) is 1.75. The average Bonchev–Trinajstić information content (AvgIpc) is 2.31. The number of amides is 2. The number of hydrogen-bond donors (Lipinski definition) is 3. The third kappa shape index (κ3) is 4.70. The van der Waals surface area contributed by atoms with Gasteiger partial charge in [0, 0.05) is 23.6 Å². The summed E-state index contributed by atoms with van der Waals surface area (Å²) in [5, 5.41) is 2.74. The molecule has 0 saturated carbocycles. The third-order valence-corrected chi connectivity index (χ3v) is 2.89. The average molecular weight is 315 g/mol. The minimum atomic E-state index is -0.328. The maximum absolute atomic E-state index is 11.8. The molecule has 0 radical (unpaired) electrons. The molecule has 0 aliphatic carbocycles. The first-order valence-corrected chi connectivity index (χ1v) is 6.27. The third-order valence-electron chi connectivity index (χ3n) is 2.26. The number of nitrogens with two attached hydrogens (primary N) is 2. The molecule has 1 rings (SSSR count). The smallest absolute Gasteiger partial charge is 0.252 e. The highest BCUT2D eigenvalue weighted by atomic mass is 79.9. The van der Waals surface area contributed by atoms with Crippen molar-refractivity contribution >= 4 is 33.6 Å². The van der Waals surface area contributed by atoms with E-state index in [1.165, 1.54) is 12.3 Å². The molecule has 18 heavy (non-hydrogen) atoms. The minimum absolute atomic E-state index is 0.227. The molecule has 0 spiro atoms. The van der Waals surface area contributed by atoms with Crippen LogP contribution < -0.4 is 16.8 Å². The number of nitrogens with zero attached hydrogens (tertiary/aromatic N) is 1. The van der Waals surface area contributed by atoms with Crippen molar-refractivity contribution in [3.8, 4) is 0 Å². The Morgan fingerprint density at radius 2 is 2.11 bits per heavy atom. The Kier molecular flexibility index (Phi) is 5.57. The SMILES string of the molecule is NC(=O)CCCCNC(=O)c1cc(N)ncc1Br. The summed E-state index contributed by atoms with van der Waals surface area (Å²) in [4.78, 5) is 26.2. The van der Waals surface area contributed by atoms with Crippen LogP contribution in [0.4, 0.5) is 5.82 Å². The number of anilines is 1. The van der Waals surface area contributed by atoms with Gasteiger partial charge in [-0.15, -0.1) is 0 Å². The van der Waals surface area contributed by atoms with E-state index in [-0.39, 0.29) is 17.6 Å². The Balaban J connectivity index is 2.41. The highest BCUT2D eigenvalue weighted by Gasteiger charge is 2.10. The summed E-state index contributed by atoms with van der Waals surface area (Å²) in [6.07, 6.45) is 3.18. The molecular formula is C11H15BrN4O2. The number of nitrogen functional groups attached to an aromatic ring is 1. The number of primary amides is 1. The fraction of sp³-hybridized carbons (Fsp3) is 0.364. The van der Waals surface area contributed by atoms with Crippen LogP contribution in [0.1, 0.15) is 29.6 Å². The van der Waals surface area contributed by atoms with Crippen LogP contribution in [0.25, 0.3) is 0 Å². The molecule has 1 heterocycles. The number of aromatic nitrogens is 1. The van der Waals surface area contributed by atoms with Gasteiger partial charge >= 0.3 is 0 Å². The van der Waals surface area contributed by atoms with Gasteiger partial charge in [0.05, 0.1) is 5.56 Å². The first-order chi connectivity index (χ1) is 8.50. The molecule has 2 amide bonds. The van der Waals surface area contributed by atoms with E-state index in [2.05, 4.69) is 26.2 Å². The topological polar surface area (TPSA) is 111 Å². The summed E-state index contributed by atoms with van der Waals surface area (Å²) in [5.74, 6) is -0.266. The van der Waals surface area contributed by atoms with Crippen molar-refractivity contribution < 1.29 is 9.59 Å². The second kappa shape index (κ2) is 6.95. The normalized spacial score (nSPS) is 10.1. The van der Waals surface area contributed by atoms with E-state index in [0.29, 0.717) is 35.8 Å². The summed E-state index contributed by atoms with van der Waals surface area (Å²) in [7, 11) is 0. The van der Waals surface area contributed by atoms with E-state index >= 15 is 0 Å². The standard InChI is InChI=1S/C11H15BrN4O2/c12-8-6-16-9(13)5-7(8)11(18)15-4-2-1-3-10(14)17/h5-6H,1-4H2,(H2,13,16)(H2,14,17)(H,15,18). The number of halogens is 1. The summed E-state index contributed by atoms with van der Waals surface area (Å²) >= 11 is 3.23. The first kappa shape index (κ1) is 14.4. The van der Waals surface area contributed by atoms with Crippen molar-refractivity contribution in [2.45, 2.75) is 19.3 Å². The van der Waals surface area contributed by atoms with Crippen LogP contribution in [0.15, 0.2) is 16.7 Å². The van der Waals surface area contributed by atoms with Crippen molar-refractivity contribution in [3.05, 3.63) is 22.3 Å².